The van der Waals surface area contributed by atoms with E-state index in [1.807, 2.05) is 35.8 Å². The van der Waals surface area contributed by atoms with Gasteiger partial charge in [0.05, 0.1) is 30.8 Å². The van der Waals surface area contributed by atoms with E-state index in [-0.39, 0.29) is 17.9 Å². The number of imidazole rings is 1. The molecule has 2 aromatic rings. The number of hydrogen-bond acceptors (Lipinski definition) is 5. The molecule has 1 N–H and O–H groups in total. The van der Waals surface area contributed by atoms with Crippen molar-refractivity contribution in [1.29, 1.82) is 0 Å². The number of carbonyl (C=O) groups excluding carboxylic acids is 2. The van der Waals surface area contributed by atoms with Crippen LogP contribution in [0.25, 0.3) is 11.0 Å². The predicted octanol–water partition coefficient (Wildman–Crippen LogP) is 2.28. The Hall–Kier alpha value is -2.45. The van der Waals surface area contributed by atoms with Gasteiger partial charge in [0.15, 0.2) is 5.82 Å². The van der Waals surface area contributed by atoms with Crippen molar-refractivity contribution in [2.24, 2.45) is 5.92 Å². The summed E-state index contributed by atoms with van der Waals surface area (Å²) in [6.45, 7) is 8.94. The Bertz CT molecular complexity index is 1020. The molecule has 8 nitrogen and oxygen atoms in total. The van der Waals surface area contributed by atoms with Crippen LogP contribution in [0.2, 0.25) is 0 Å². The maximum atomic E-state index is 13.8. The standard InChI is InChI=1S/C25H35N5O3/c1-18-7-9-19(10-8-18)26-24(32)25(2)17-29-21-6-4-3-5-20(21)27-22(29)23(31)30(25)12-11-28-13-15-33-16-14-28/h3-6,18-19H,7-17H2,1-2H3,(H,26,32)/t18?,19?,25-/m1/s1. The van der Waals surface area contributed by atoms with Gasteiger partial charge in [-0.3, -0.25) is 14.5 Å². The van der Waals surface area contributed by atoms with Crippen LogP contribution in [-0.4, -0.2) is 82.1 Å². The second-order valence-electron chi connectivity index (χ2n) is 10.1. The number of nitrogens with zero attached hydrogens (tertiary/aromatic N) is 4. The number of aromatic nitrogens is 2. The largest absolute Gasteiger partial charge is 0.379 e. The fraction of sp³-hybridized carbons (Fsp3) is 0.640. The second kappa shape index (κ2) is 9.06. The van der Waals surface area contributed by atoms with Gasteiger partial charge in [-0.25, -0.2) is 4.98 Å². The molecule has 5 rings (SSSR count). The first-order chi connectivity index (χ1) is 16.0. The summed E-state index contributed by atoms with van der Waals surface area (Å²) in [5.41, 5.74) is 0.724. The van der Waals surface area contributed by atoms with Crippen LogP contribution in [0.15, 0.2) is 24.3 Å². The van der Waals surface area contributed by atoms with Crippen molar-refractivity contribution in [1.82, 2.24) is 24.7 Å². The number of fused-ring (bicyclic) bond motifs is 3. The van der Waals surface area contributed by atoms with Crippen molar-refractivity contribution in [3.8, 4) is 0 Å². The van der Waals surface area contributed by atoms with Crippen molar-refractivity contribution < 1.29 is 14.3 Å². The molecule has 2 aliphatic heterocycles. The Morgan fingerprint density at radius 1 is 1.15 bits per heavy atom. The summed E-state index contributed by atoms with van der Waals surface area (Å²) in [5.74, 6) is 0.922. The average Bonchev–Trinajstić information content (AvgIpc) is 3.19. The molecule has 1 saturated heterocycles. The van der Waals surface area contributed by atoms with Gasteiger partial charge < -0.3 is 19.5 Å². The summed E-state index contributed by atoms with van der Waals surface area (Å²) >= 11 is 0. The number of rotatable bonds is 5. The highest BCUT2D eigenvalue weighted by Crippen LogP contribution is 2.31. The van der Waals surface area contributed by atoms with E-state index < -0.39 is 5.54 Å². The van der Waals surface area contributed by atoms with Gasteiger partial charge in [0, 0.05) is 32.2 Å². The Morgan fingerprint density at radius 2 is 1.88 bits per heavy atom. The van der Waals surface area contributed by atoms with Gasteiger partial charge in [0.25, 0.3) is 5.91 Å². The molecule has 2 amide bonds. The molecular formula is C25H35N5O3. The summed E-state index contributed by atoms with van der Waals surface area (Å²) in [4.78, 5) is 36.2. The highest BCUT2D eigenvalue weighted by atomic mass is 16.5. The average molecular weight is 454 g/mol. The van der Waals surface area contributed by atoms with Gasteiger partial charge in [-0.1, -0.05) is 19.1 Å². The van der Waals surface area contributed by atoms with E-state index in [9.17, 15) is 9.59 Å². The maximum Gasteiger partial charge on any atom is 0.290 e. The van der Waals surface area contributed by atoms with Crippen LogP contribution >= 0.6 is 0 Å². The van der Waals surface area contributed by atoms with Crippen LogP contribution in [0.3, 0.4) is 0 Å². The van der Waals surface area contributed by atoms with Gasteiger partial charge in [-0.2, -0.15) is 0 Å². The smallest absolute Gasteiger partial charge is 0.290 e. The molecule has 2 fully saturated rings. The predicted molar refractivity (Wildman–Crippen MR) is 126 cm³/mol. The van der Waals surface area contributed by atoms with Crippen LogP contribution < -0.4 is 5.32 Å². The minimum Gasteiger partial charge on any atom is -0.379 e. The lowest BCUT2D eigenvalue weighted by Gasteiger charge is -2.45. The zero-order valence-corrected chi connectivity index (χ0v) is 19.8. The van der Waals surface area contributed by atoms with Crippen molar-refractivity contribution in [2.75, 3.05) is 39.4 Å². The molecule has 8 heteroatoms. The van der Waals surface area contributed by atoms with Crippen LogP contribution in [0.4, 0.5) is 0 Å². The van der Waals surface area contributed by atoms with Gasteiger partial charge in [-0.15, -0.1) is 0 Å². The Labute approximate surface area is 195 Å². The minimum absolute atomic E-state index is 0.0548. The second-order valence-corrected chi connectivity index (χ2v) is 10.1. The van der Waals surface area contributed by atoms with Crippen LogP contribution in [0.1, 0.15) is 50.1 Å². The first-order valence-corrected chi connectivity index (χ1v) is 12.3. The number of nitrogens with one attached hydrogen (secondary N) is 1. The lowest BCUT2D eigenvalue weighted by molar-refractivity contribution is -0.134. The van der Waals surface area contributed by atoms with Crippen molar-refractivity contribution in [2.45, 2.75) is 57.7 Å². The molecule has 178 valence electrons. The third-order valence-electron chi connectivity index (χ3n) is 7.74. The van der Waals surface area contributed by atoms with E-state index in [4.69, 9.17) is 4.74 Å². The molecule has 1 aromatic heterocycles. The lowest BCUT2D eigenvalue weighted by Crippen LogP contribution is -2.66. The van der Waals surface area contributed by atoms with Crippen LogP contribution in [-0.2, 0) is 16.1 Å². The highest BCUT2D eigenvalue weighted by molar-refractivity contribution is 6.01. The Kier molecular flexibility index (Phi) is 6.14. The van der Waals surface area contributed by atoms with E-state index in [0.29, 0.717) is 32.1 Å². The molecule has 1 aliphatic carbocycles. The number of hydrogen-bond donors (Lipinski definition) is 1. The molecule has 0 unspecified atom stereocenters. The molecule has 3 aliphatic rings. The summed E-state index contributed by atoms with van der Waals surface area (Å²) in [7, 11) is 0. The molecule has 1 atom stereocenters. The monoisotopic (exact) mass is 453 g/mol. The summed E-state index contributed by atoms with van der Waals surface area (Å²) in [6, 6.07) is 7.96. The number of carbonyl (C=O) groups is 2. The molecule has 3 heterocycles. The van der Waals surface area contributed by atoms with Crippen LogP contribution in [0.5, 0.6) is 0 Å². The quantitative estimate of drug-likeness (QED) is 0.751. The minimum atomic E-state index is -0.969. The highest BCUT2D eigenvalue weighted by Gasteiger charge is 2.48. The molecule has 0 radical (unpaired) electrons. The molecule has 0 spiro atoms. The van der Waals surface area contributed by atoms with E-state index in [2.05, 4.69) is 22.1 Å². The molecular weight excluding hydrogens is 418 g/mol. The zero-order valence-electron chi connectivity index (χ0n) is 19.8. The maximum absolute atomic E-state index is 13.8. The first kappa shape index (κ1) is 22.3. The number of ether oxygens (including phenoxy) is 1. The molecule has 1 aromatic carbocycles. The fourth-order valence-corrected chi connectivity index (χ4v) is 5.49. The number of benzene rings is 1. The first-order valence-electron chi connectivity index (χ1n) is 12.3. The van der Waals surface area contributed by atoms with Crippen molar-refractivity contribution in [3.63, 3.8) is 0 Å². The Morgan fingerprint density at radius 3 is 2.64 bits per heavy atom. The molecule has 1 saturated carbocycles. The summed E-state index contributed by atoms with van der Waals surface area (Å²) < 4.78 is 7.40. The van der Waals surface area contributed by atoms with E-state index >= 15 is 0 Å². The van der Waals surface area contributed by atoms with Gasteiger partial charge in [0.1, 0.15) is 5.54 Å². The third-order valence-corrected chi connectivity index (χ3v) is 7.74. The van der Waals surface area contributed by atoms with Gasteiger partial charge in [0.2, 0.25) is 5.91 Å². The summed E-state index contributed by atoms with van der Waals surface area (Å²) in [5, 5.41) is 3.31. The number of para-hydroxylation sites is 2. The fourth-order valence-electron chi connectivity index (χ4n) is 5.49. The third kappa shape index (κ3) is 4.26. The topological polar surface area (TPSA) is 79.7 Å². The van der Waals surface area contributed by atoms with Crippen LogP contribution in [0, 0.1) is 5.92 Å². The van der Waals surface area contributed by atoms with E-state index in [0.717, 1.165) is 62.3 Å². The van der Waals surface area contributed by atoms with Crippen molar-refractivity contribution in [3.05, 3.63) is 30.1 Å². The Balaban J connectivity index is 1.43. The van der Waals surface area contributed by atoms with E-state index in [1.54, 1.807) is 4.90 Å². The SMILES string of the molecule is CC1CCC(NC(=O)[C@@]2(C)Cn3c(nc4ccccc43)C(=O)N2CCN2CCOCC2)CC1. The molecule has 0 bridgehead atoms. The van der Waals surface area contributed by atoms with Gasteiger partial charge >= 0.3 is 0 Å². The number of morpholine rings is 1. The normalized spacial score (nSPS) is 28.7. The van der Waals surface area contributed by atoms with E-state index in [1.165, 1.54) is 0 Å². The van der Waals surface area contributed by atoms with Gasteiger partial charge in [-0.05, 0) is 50.7 Å². The lowest BCUT2D eigenvalue weighted by atomic mass is 9.86. The number of amides is 2. The zero-order chi connectivity index (χ0) is 23.0. The summed E-state index contributed by atoms with van der Waals surface area (Å²) in [6.07, 6.45) is 4.28. The molecule has 33 heavy (non-hydrogen) atoms. The van der Waals surface area contributed by atoms with Crippen molar-refractivity contribution >= 4 is 22.8 Å².